The zero-order valence-corrected chi connectivity index (χ0v) is 12.2. The Morgan fingerprint density at radius 3 is 2.70 bits per heavy atom. The van der Waals surface area contributed by atoms with E-state index in [0.29, 0.717) is 5.69 Å². The van der Waals surface area contributed by atoms with Crippen molar-refractivity contribution in [2.45, 2.75) is 11.3 Å². The zero-order chi connectivity index (χ0) is 14.5. The summed E-state index contributed by atoms with van der Waals surface area (Å²) in [6.07, 6.45) is 0. The average molecular weight is 309 g/mol. The van der Waals surface area contributed by atoms with Gasteiger partial charge in [0.25, 0.3) is 5.69 Å². The number of nitro benzene ring substituents is 1. The van der Waals surface area contributed by atoms with Gasteiger partial charge in [-0.05, 0) is 19.1 Å². The highest BCUT2D eigenvalue weighted by molar-refractivity contribution is 8.01. The topological polar surface area (TPSA) is 85.1 Å². The number of non-ortho nitro benzene ring substituents is 1. The number of hydrogen-bond acceptors (Lipinski definition) is 6. The summed E-state index contributed by atoms with van der Waals surface area (Å²) in [5.74, 6) is 0.0842. The molecule has 1 amide bonds. The predicted molar refractivity (Wildman–Crippen MR) is 79.3 cm³/mol. The largest absolute Gasteiger partial charge is 0.325 e. The van der Waals surface area contributed by atoms with Gasteiger partial charge in [-0.3, -0.25) is 14.9 Å². The maximum absolute atomic E-state index is 11.7. The molecule has 2 aromatic rings. The third-order valence-corrected chi connectivity index (χ3v) is 4.43. The fraction of sp³-hybridized carbons (Fsp3) is 0.167. The van der Waals surface area contributed by atoms with Crippen LogP contribution in [0.2, 0.25) is 0 Å². The molecule has 1 heterocycles. The van der Waals surface area contributed by atoms with E-state index in [4.69, 9.17) is 0 Å². The Hall–Kier alpha value is -1.93. The van der Waals surface area contributed by atoms with Crippen LogP contribution in [-0.4, -0.2) is 21.6 Å². The van der Waals surface area contributed by atoms with E-state index < -0.39 is 4.92 Å². The van der Waals surface area contributed by atoms with Gasteiger partial charge in [0.05, 0.1) is 10.7 Å². The summed E-state index contributed by atoms with van der Waals surface area (Å²) in [6, 6.07) is 5.72. The van der Waals surface area contributed by atoms with Gasteiger partial charge in [0.2, 0.25) is 5.91 Å². The number of anilines is 1. The van der Waals surface area contributed by atoms with Crippen molar-refractivity contribution in [3.05, 3.63) is 45.5 Å². The van der Waals surface area contributed by atoms with Crippen molar-refractivity contribution < 1.29 is 9.72 Å². The molecule has 0 spiro atoms. The normalized spacial score (nSPS) is 10.2. The molecule has 0 bridgehead atoms. The lowest BCUT2D eigenvalue weighted by molar-refractivity contribution is -0.384. The smallest absolute Gasteiger partial charge is 0.269 e. The Morgan fingerprint density at radius 1 is 1.45 bits per heavy atom. The van der Waals surface area contributed by atoms with Crippen LogP contribution in [0.1, 0.15) is 5.69 Å². The quantitative estimate of drug-likeness (QED) is 0.521. The van der Waals surface area contributed by atoms with E-state index in [1.165, 1.54) is 47.4 Å². The Bertz CT molecular complexity index is 625. The summed E-state index contributed by atoms with van der Waals surface area (Å²) in [5.41, 5.74) is 1.47. The third kappa shape index (κ3) is 4.04. The van der Waals surface area contributed by atoms with Gasteiger partial charge in [-0.2, -0.15) is 0 Å². The lowest BCUT2D eigenvalue weighted by atomic mass is 10.3. The van der Waals surface area contributed by atoms with Crippen molar-refractivity contribution in [1.82, 2.24) is 4.98 Å². The number of nitrogens with one attached hydrogen (secondary N) is 1. The van der Waals surface area contributed by atoms with Crippen molar-refractivity contribution in [3.63, 3.8) is 0 Å². The number of nitrogens with zero attached hydrogens (tertiary/aromatic N) is 2. The van der Waals surface area contributed by atoms with E-state index in [2.05, 4.69) is 10.3 Å². The lowest BCUT2D eigenvalue weighted by Gasteiger charge is -2.03. The third-order valence-electron chi connectivity index (χ3n) is 2.29. The first-order valence-corrected chi connectivity index (χ1v) is 7.50. The van der Waals surface area contributed by atoms with Crippen molar-refractivity contribution in [2.24, 2.45) is 0 Å². The standard InChI is InChI=1S/C12H11N3O3S2/c1-8-6-19-12(13-8)20-7-11(16)14-9-2-4-10(5-3-9)15(17)18/h2-6H,7H2,1H3,(H,14,16). The Labute approximate surface area is 123 Å². The van der Waals surface area contributed by atoms with Gasteiger partial charge in [0, 0.05) is 28.9 Å². The van der Waals surface area contributed by atoms with E-state index in [-0.39, 0.29) is 17.3 Å². The van der Waals surface area contributed by atoms with Gasteiger partial charge in [-0.15, -0.1) is 11.3 Å². The van der Waals surface area contributed by atoms with Crippen LogP contribution in [0.15, 0.2) is 34.0 Å². The van der Waals surface area contributed by atoms with E-state index in [1.54, 1.807) is 0 Å². The second-order valence-corrected chi connectivity index (χ2v) is 5.98. The first-order chi connectivity index (χ1) is 9.54. The molecule has 1 aromatic carbocycles. The second-order valence-electron chi connectivity index (χ2n) is 3.90. The molecule has 0 unspecified atom stereocenters. The molecule has 20 heavy (non-hydrogen) atoms. The maximum Gasteiger partial charge on any atom is 0.269 e. The van der Waals surface area contributed by atoms with Crippen LogP contribution in [0.25, 0.3) is 0 Å². The lowest BCUT2D eigenvalue weighted by Crippen LogP contribution is -2.13. The minimum absolute atomic E-state index is 0.00404. The molecule has 104 valence electrons. The molecule has 8 heteroatoms. The SMILES string of the molecule is Cc1csc(SCC(=O)Nc2ccc([N+](=O)[O-])cc2)n1. The molecular weight excluding hydrogens is 298 g/mol. The first kappa shape index (κ1) is 14.5. The summed E-state index contributed by atoms with van der Waals surface area (Å²) in [5, 5.41) is 15.1. The van der Waals surface area contributed by atoms with Crippen molar-refractivity contribution in [2.75, 3.05) is 11.1 Å². The van der Waals surface area contributed by atoms with Crippen LogP contribution in [0.3, 0.4) is 0 Å². The molecule has 0 aliphatic heterocycles. The van der Waals surface area contributed by atoms with E-state index in [9.17, 15) is 14.9 Å². The molecule has 1 aromatic heterocycles. The number of thiazole rings is 1. The number of aryl methyl sites for hydroxylation is 1. The van der Waals surface area contributed by atoms with Gasteiger partial charge < -0.3 is 5.32 Å². The highest BCUT2D eigenvalue weighted by Crippen LogP contribution is 2.22. The Morgan fingerprint density at radius 2 is 2.15 bits per heavy atom. The van der Waals surface area contributed by atoms with Gasteiger partial charge in [-0.25, -0.2) is 4.98 Å². The number of benzene rings is 1. The highest BCUT2D eigenvalue weighted by atomic mass is 32.2. The fourth-order valence-electron chi connectivity index (χ4n) is 1.39. The van der Waals surface area contributed by atoms with Crippen LogP contribution in [0.4, 0.5) is 11.4 Å². The number of rotatable bonds is 5. The second kappa shape index (κ2) is 6.49. The van der Waals surface area contributed by atoms with Crippen LogP contribution in [0.5, 0.6) is 0 Å². The summed E-state index contributed by atoms with van der Waals surface area (Å²) in [4.78, 5) is 26.0. The van der Waals surface area contributed by atoms with Gasteiger partial charge >= 0.3 is 0 Å². The zero-order valence-electron chi connectivity index (χ0n) is 10.5. The first-order valence-electron chi connectivity index (χ1n) is 5.64. The molecular formula is C12H11N3O3S2. The fourth-order valence-corrected chi connectivity index (χ4v) is 3.04. The molecule has 2 rings (SSSR count). The number of nitro groups is 1. The molecule has 1 N–H and O–H groups in total. The Kier molecular flexibility index (Phi) is 4.70. The molecule has 0 saturated heterocycles. The van der Waals surface area contributed by atoms with E-state index in [1.807, 2.05) is 12.3 Å². The van der Waals surface area contributed by atoms with Gasteiger partial charge in [0.1, 0.15) is 0 Å². The van der Waals surface area contributed by atoms with Crippen LogP contribution >= 0.6 is 23.1 Å². The van der Waals surface area contributed by atoms with Gasteiger partial charge in [-0.1, -0.05) is 11.8 Å². The molecule has 0 aliphatic rings. The minimum Gasteiger partial charge on any atom is -0.325 e. The number of carbonyl (C=O) groups excluding carboxylic acids is 1. The summed E-state index contributed by atoms with van der Waals surface area (Å²) in [7, 11) is 0. The van der Waals surface area contributed by atoms with Crippen molar-refractivity contribution in [3.8, 4) is 0 Å². The van der Waals surface area contributed by atoms with Crippen molar-refractivity contribution in [1.29, 1.82) is 0 Å². The molecule has 6 nitrogen and oxygen atoms in total. The number of amides is 1. The molecule has 0 fully saturated rings. The summed E-state index contributed by atoms with van der Waals surface area (Å²) < 4.78 is 0.848. The monoisotopic (exact) mass is 309 g/mol. The van der Waals surface area contributed by atoms with Crippen molar-refractivity contribution >= 4 is 40.4 Å². The average Bonchev–Trinajstić information content (AvgIpc) is 2.83. The number of thioether (sulfide) groups is 1. The molecule has 0 saturated carbocycles. The number of aromatic nitrogens is 1. The summed E-state index contributed by atoms with van der Waals surface area (Å²) >= 11 is 2.86. The minimum atomic E-state index is -0.480. The van der Waals surface area contributed by atoms with Crippen LogP contribution in [0, 0.1) is 17.0 Å². The van der Waals surface area contributed by atoms with E-state index >= 15 is 0 Å². The predicted octanol–water partition coefficient (Wildman–Crippen LogP) is 3.09. The highest BCUT2D eigenvalue weighted by Gasteiger charge is 2.08. The van der Waals surface area contributed by atoms with Gasteiger partial charge in [0.15, 0.2) is 4.34 Å². The Balaban J connectivity index is 1.86. The number of hydrogen-bond donors (Lipinski definition) is 1. The molecule has 0 aliphatic carbocycles. The molecule has 0 atom stereocenters. The van der Waals surface area contributed by atoms with Crippen LogP contribution < -0.4 is 5.32 Å². The van der Waals surface area contributed by atoms with Crippen LogP contribution in [-0.2, 0) is 4.79 Å². The summed E-state index contributed by atoms with van der Waals surface area (Å²) in [6.45, 7) is 1.90. The maximum atomic E-state index is 11.7. The molecule has 0 radical (unpaired) electrons. The van der Waals surface area contributed by atoms with E-state index in [0.717, 1.165) is 10.0 Å². The number of carbonyl (C=O) groups is 1.